The van der Waals surface area contributed by atoms with Gasteiger partial charge in [-0.2, -0.15) is 0 Å². The highest BCUT2D eigenvalue weighted by molar-refractivity contribution is 6.13. The van der Waals surface area contributed by atoms with Gasteiger partial charge in [-0.15, -0.1) is 0 Å². The van der Waals surface area contributed by atoms with E-state index in [9.17, 15) is 9.59 Å². The van der Waals surface area contributed by atoms with Crippen molar-refractivity contribution in [2.75, 3.05) is 17.7 Å². The van der Waals surface area contributed by atoms with Crippen LogP contribution in [0.1, 0.15) is 20.7 Å². The molecule has 2 amide bonds. The predicted octanol–water partition coefficient (Wildman–Crippen LogP) is 4.68. The first kappa shape index (κ1) is 18.3. The molecule has 0 aliphatic heterocycles. The second-order valence-corrected chi connectivity index (χ2v) is 6.43. The number of ether oxygens (including phenoxy) is 1. The van der Waals surface area contributed by atoms with Crippen molar-refractivity contribution < 1.29 is 14.3 Å². The lowest BCUT2D eigenvalue weighted by Gasteiger charge is -2.10. The molecule has 0 fully saturated rings. The summed E-state index contributed by atoms with van der Waals surface area (Å²) in [6.07, 6.45) is 1.69. The number of para-hydroxylation sites is 3. The van der Waals surface area contributed by atoms with Gasteiger partial charge in [-0.1, -0.05) is 30.3 Å². The Kier molecular flexibility index (Phi) is 4.99. The first-order valence-electron chi connectivity index (χ1n) is 9.07. The number of carbonyl (C=O) groups is 2. The van der Waals surface area contributed by atoms with Gasteiger partial charge in [-0.05, 0) is 42.5 Å². The Morgan fingerprint density at radius 1 is 0.828 bits per heavy atom. The van der Waals surface area contributed by atoms with E-state index in [1.165, 1.54) is 0 Å². The van der Waals surface area contributed by atoms with Crippen molar-refractivity contribution >= 4 is 34.1 Å². The summed E-state index contributed by atoms with van der Waals surface area (Å²) in [6.45, 7) is 0. The van der Waals surface area contributed by atoms with Crippen molar-refractivity contribution in [3.8, 4) is 5.75 Å². The highest BCUT2D eigenvalue weighted by atomic mass is 16.5. The van der Waals surface area contributed by atoms with Gasteiger partial charge in [0.2, 0.25) is 0 Å². The number of nitrogens with one attached hydrogen (secondary N) is 3. The Bertz CT molecular complexity index is 1180. The quantitative estimate of drug-likeness (QED) is 0.466. The van der Waals surface area contributed by atoms with Gasteiger partial charge >= 0.3 is 0 Å². The van der Waals surface area contributed by atoms with Crippen molar-refractivity contribution in [1.29, 1.82) is 0 Å². The molecule has 0 aliphatic rings. The smallest absolute Gasteiger partial charge is 0.257 e. The molecule has 6 heteroatoms. The van der Waals surface area contributed by atoms with Gasteiger partial charge in [0.25, 0.3) is 11.8 Å². The van der Waals surface area contributed by atoms with Crippen molar-refractivity contribution in [3.63, 3.8) is 0 Å². The summed E-state index contributed by atoms with van der Waals surface area (Å²) >= 11 is 0. The molecule has 3 N–H and O–H groups in total. The zero-order valence-electron chi connectivity index (χ0n) is 15.7. The molecule has 4 aromatic rings. The number of aromatic nitrogens is 1. The molecule has 29 heavy (non-hydrogen) atoms. The van der Waals surface area contributed by atoms with Crippen LogP contribution in [0.15, 0.2) is 79.0 Å². The predicted molar refractivity (Wildman–Crippen MR) is 114 cm³/mol. The Morgan fingerprint density at radius 3 is 2.34 bits per heavy atom. The minimum atomic E-state index is -0.260. The number of benzene rings is 3. The van der Waals surface area contributed by atoms with Gasteiger partial charge in [0.15, 0.2) is 0 Å². The zero-order chi connectivity index (χ0) is 20.2. The van der Waals surface area contributed by atoms with Gasteiger partial charge in [0.1, 0.15) is 5.75 Å². The summed E-state index contributed by atoms with van der Waals surface area (Å²) in [6, 6.07) is 21.5. The van der Waals surface area contributed by atoms with Crippen LogP contribution in [0.4, 0.5) is 11.4 Å². The molecule has 0 saturated heterocycles. The van der Waals surface area contributed by atoms with Crippen molar-refractivity contribution in [2.24, 2.45) is 0 Å². The molecule has 1 aromatic heterocycles. The average molecular weight is 385 g/mol. The van der Waals surface area contributed by atoms with Crippen LogP contribution in [0, 0.1) is 0 Å². The summed E-state index contributed by atoms with van der Waals surface area (Å²) in [5.74, 6) is 0.112. The zero-order valence-corrected chi connectivity index (χ0v) is 15.7. The van der Waals surface area contributed by atoms with Gasteiger partial charge in [-0.25, -0.2) is 0 Å². The van der Waals surface area contributed by atoms with Crippen LogP contribution in [-0.2, 0) is 0 Å². The van der Waals surface area contributed by atoms with Crippen molar-refractivity contribution in [2.45, 2.75) is 0 Å². The fourth-order valence-electron chi connectivity index (χ4n) is 3.11. The molecular weight excluding hydrogens is 366 g/mol. The molecule has 0 spiro atoms. The summed E-state index contributed by atoms with van der Waals surface area (Å²) in [7, 11) is 1.55. The van der Waals surface area contributed by atoms with Crippen LogP contribution in [0.3, 0.4) is 0 Å². The summed E-state index contributed by atoms with van der Waals surface area (Å²) in [5.41, 5.74) is 3.14. The second kappa shape index (κ2) is 7.90. The minimum absolute atomic E-state index is 0.214. The van der Waals surface area contributed by atoms with Crippen LogP contribution in [-0.4, -0.2) is 23.9 Å². The van der Waals surface area contributed by atoms with Crippen LogP contribution < -0.4 is 15.4 Å². The molecule has 0 unspecified atom stereocenters. The van der Waals surface area contributed by atoms with Crippen LogP contribution >= 0.6 is 0 Å². The molecule has 6 nitrogen and oxygen atoms in total. The highest BCUT2D eigenvalue weighted by Gasteiger charge is 2.13. The lowest BCUT2D eigenvalue weighted by Crippen LogP contribution is -2.14. The normalized spacial score (nSPS) is 10.5. The minimum Gasteiger partial charge on any atom is -0.495 e. The molecule has 1 heterocycles. The fourth-order valence-corrected chi connectivity index (χ4v) is 3.11. The number of hydrogen-bond donors (Lipinski definition) is 3. The standard InChI is InChI=1S/C23H19N3O3/c1-29-21-9-5-4-8-20(21)26-22(27)15-10-12-16(13-11-15)25-23(28)18-14-24-19-7-3-2-6-17(18)19/h2-14,24H,1H3,(H,25,28)(H,26,27). The molecule has 0 atom stereocenters. The number of rotatable bonds is 5. The third kappa shape index (κ3) is 3.82. The van der Waals surface area contributed by atoms with E-state index in [4.69, 9.17) is 4.74 Å². The Morgan fingerprint density at radius 2 is 1.55 bits per heavy atom. The molecule has 0 saturated carbocycles. The van der Waals surface area contributed by atoms with E-state index in [2.05, 4.69) is 15.6 Å². The van der Waals surface area contributed by atoms with E-state index in [1.54, 1.807) is 49.7 Å². The van der Waals surface area contributed by atoms with E-state index in [1.807, 2.05) is 36.4 Å². The van der Waals surface area contributed by atoms with Gasteiger partial charge < -0.3 is 20.4 Å². The number of methoxy groups -OCH3 is 1. The van der Waals surface area contributed by atoms with Crippen LogP contribution in [0.25, 0.3) is 10.9 Å². The fraction of sp³-hybridized carbons (Fsp3) is 0.0435. The number of H-pyrrole nitrogens is 1. The number of carbonyl (C=O) groups excluding carboxylic acids is 2. The molecular formula is C23H19N3O3. The summed E-state index contributed by atoms with van der Waals surface area (Å²) in [5, 5.41) is 6.54. The first-order chi connectivity index (χ1) is 14.2. The molecule has 0 bridgehead atoms. The number of fused-ring (bicyclic) bond motifs is 1. The Balaban J connectivity index is 1.46. The van der Waals surface area contributed by atoms with E-state index in [-0.39, 0.29) is 11.8 Å². The number of amides is 2. The average Bonchev–Trinajstić information content (AvgIpc) is 3.19. The van der Waals surface area contributed by atoms with E-state index in [0.717, 1.165) is 10.9 Å². The van der Waals surface area contributed by atoms with Crippen LogP contribution in [0.5, 0.6) is 5.75 Å². The first-order valence-corrected chi connectivity index (χ1v) is 9.07. The largest absolute Gasteiger partial charge is 0.495 e. The maximum atomic E-state index is 12.6. The van der Waals surface area contributed by atoms with Gasteiger partial charge in [0, 0.05) is 28.4 Å². The molecule has 4 rings (SSSR count). The summed E-state index contributed by atoms with van der Waals surface area (Å²) in [4.78, 5) is 28.2. The summed E-state index contributed by atoms with van der Waals surface area (Å²) < 4.78 is 5.25. The maximum absolute atomic E-state index is 12.6. The molecule has 3 aromatic carbocycles. The third-order valence-electron chi connectivity index (χ3n) is 4.59. The van der Waals surface area contributed by atoms with Gasteiger partial charge in [-0.3, -0.25) is 9.59 Å². The van der Waals surface area contributed by atoms with E-state index in [0.29, 0.717) is 28.3 Å². The Labute approximate surface area is 167 Å². The monoisotopic (exact) mass is 385 g/mol. The van der Waals surface area contributed by atoms with Gasteiger partial charge in [0.05, 0.1) is 18.4 Å². The lowest BCUT2D eigenvalue weighted by molar-refractivity contribution is 0.102. The van der Waals surface area contributed by atoms with E-state index >= 15 is 0 Å². The van der Waals surface area contributed by atoms with E-state index < -0.39 is 0 Å². The number of aromatic amines is 1. The third-order valence-corrected chi connectivity index (χ3v) is 4.59. The molecule has 0 radical (unpaired) electrons. The molecule has 144 valence electrons. The second-order valence-electron chi connectivity index (χ2n) is 6.43. The van der Waals surface area contributed by atoms with Crippen molar-refractivity contribution in [3.05, 3.63) is 90.1 Å². The number of anilines is 2. The topological polar surface area (TPSA) is 83.2 Å². The SMILES string of the molecule is COc1ccccc1NC(=O)c1ccc(NC(=O)c2c[nH]c3ccccc23)cc1. The lowest BCUT2D eigenvalue weighted by atomic mass is 10.1. The molecule has 0 aliphatic carbocycles. The van der Waals surface area contributed by atoms with Crippen molar-refractivity contribution in [1.82, 2.24) is 4.98 Å². The maximum Gasteiger partial charge on any atom is 0.257 e. The highest BCUT2D eigenvalue weighted by Crippen LogP contribution is 2.24. The van der Waals surface area contributed by atoms with Crippen LogP contribution in [0.2, 0.25) is 0 Å². The number of hydrogen-bond acceptors (Lipinski definition) is 3. The Hall–Kier alpha value is -4.06.